The van der Waals surface area contributed by atoms with Gasteiger partial charge in [0.25, 0.3) is 0 Å². The van der Waals surface area contributed by atoms with Gasteiger partial charge in [0.1, 0.15) is 0 Å². The second-order valence-electron chi connectivity index (χ2n) is 19.0. The molecule has 0 aromatic rings. The molecule has 16 atom stereocenters. The van der Waals surface area contributed by atoms with Crippen LogP contribution < -0.4 is 0 Å². The molecule has 4 nitrogen and oxygen atoms in total. The van der Waals surface area contributed by atoms with Gasteiger partial charge in [-0.05, 0) is 153 Å². The monoisotopic (exact) mass is 807 g/mol. The molecule has 2 aliphatic heterocycles. The molecular weight excluding hydrogens is 713 g/mol. The van der Waals surface area contributed by atoms with E-state index in [-0.39, 0.29) is 85.5 Å². The highest BCUT2D eigenvalue weighted by atomic mass is 16.5. The summed E-state index contributed by atoms with van der Waals surface area (Å²) in [6.07, 6.45) is 32.5. The van der Waals surface area contributed by atoms with Crippen molar-refractivity contribution in [2.24, 2.45) is 81.8 Å². The molecule has 4 heteroatoms. The minimum atomic E-state index is 0. The van der Waals surface area contributed by atoms with E-state index in [1.165, 1.54) is 62.5 Å². The van der Waals surface area contributed by atoms with Crippen molar-refractivity contribution in [1.82, 2.24) is 0 Å². The maximum absolute atomic E-state index is 11.8. The van der Waals surface area contributed by atoms with Crippen molar-refractivity contribution in [2.45, 2.75) is 176 Å². The second kappa shape index (κ2) is 18.1. The van der Waals surface area contributed by atoms with Crippen molar-refractivity contribution in [3.8, 4) is 0 Å². The predicted molar refractivity (Wildman–Crippen MR) is 252 cm³/mol. The predicted octanol–water partition coefficient (Wildman–Crippen LogP) is 14.8. The summed E-state index contributed by atoms with van der Waals surface area (Å²) in [5, 5.41) is 0. The summed E-state index contributed by atoms with van der Waals surface area (Å²) < 4.78 is 12.9. The van der Waals surface area contributed by atoms with E-state index in [9.17, 15) is 9.59 Å². The fourth-order valence-electron chi connectivity index (χ4n) is 16.0. The van der Waals surface area contributed by atoms with Crippen LogP contribution in [0.5, 0.6) is 0 Å². The topological polar surface area (TPSA) is 52.6 Å². The van der Waals surface area contributed by atoms with Gasteiger partial charge in [-0.3, -0.25) is 9.59 Å². The number of hydrogen-bond donors (Lipinski definition) is 0. The van der Waals surface area contributed by atoms with Crippen molar-refractivity contribution in [1.29, 1.82) is 0 Å². The van der Waals surface area contributed by atoms with E-state index >= 15 is 0 Å². The molecular formula is C54H94O4. The van der Waals surface area contributed by atoms with E-state index < -0.39 is 0 Å². The average molecular weight is 807 g/mol. The first-order valence-electron chi connectivity index (χ1n) is 20.1. The lowest BCUT2D eigenvalue weighted by Gasteiger charge is -2.57. The molecule has 2 heterocycles. The van der Waals surface area contributed by atoms with Gasteiger partial charge in [-0.15, -0.1) is 0 Å². The maximum atomic E-state index is 11.8. The van der Waals surface area contributed by atoms with Gasteiger partial charge in [0.15, 0.2) is 11.6 Å². The van der Waals surface area contributed by atoms with Gasteiger partial charge < -0.3 is 9.47 Å². The number of carbonyl (C=O) groups is 2. The fourth-order valence-corrected chi connectivity index (χ4v) is 16.0. The quantitative estimate of drug-likeness (QED) is 0.229. The zero-order chi connectivity index (χ0) is 32.2. The molecule has 12 rings (SSSR count). The van der Waals surface area contributed by atoms with E-state index in [1.54, 1.807) is 0 Å². The van der Waals surface area contributed by atoms with E-state index in [2.05, 4.69) is 50.3 Å². The summed E-state index contributed by atoms with van der Waals surface area (Å²) in [4.78, 5) is 23.6. The summed E-state index contributed by atoms with van der Waals surface area (Å²) >= 11 is 0. The minimum Gasteiger partial charge on any atom is -0.366 e. The van der Waals surface area contributed by atoms with Crippen molar-refractivity contribution in [2.75, 3.05) is 13.2 Å². The molecule has 10 aliphatic carbocycles. The smallest absolute Gasteiger partial charge is 0.155 e. The third-order valence-corrected chi connectivity index (χ3v) is 17.7. The summed E-state index contributed by atoms with van der Waals surface area (Å²) in [7, 11) is 0. The highest BCUT2D eigenvalue weighted by Gasteiger charge is 2.77. The van der Waals surface area contributed by atoms with Crippen LogP contribution in [-0.2, 0) is 19.1 Å². The molecule has 2 spiro atoms. The van der Waals surface area contributed by atoms with E-state index in [0.29, 0.717) is 34.2 Å². The molecule has 0 unspecified atom stereocenters. The van der Waals surface area contributed by atoms with Gasteiger partial charge in [-0.25, -0.2) is 0 Å². The van der Waals surface area contributed by atoms with Crippen LogP contribution >= 0.6 is 0 Å². The summed E-state index contributed by atoms with van der Waals surface area (Å²) in [6.45, 7) is 6.73. The van der Waals surface area contributed by atoms with Crippen molar-refractivity contribution in [3.05, 3.63) is 59.8 Å². The number of carbonyl (C=O) groups excluding carboxylic acids is 2. The van der Waals surface area contributed by atoms with Gasteiger partial charge in [-0.1, -0.05) is 130 Å². The Morgan fingerprint density at radius 2 is 1.07 bits per heavy atom. The Bertz CT molecular complexity index is 1630. The first-order chi connectivity index (χ1) is 23.3. The highest BCUT2D eigenvalue weighted by molar-refractivity contribution is 5.92. The third-order valence-electron chi connectivity index (χ3n) is 17.7. The average Bonchev–Trinajstić information content (AvgIpc) is 3.87. The van der Waals surface area contributed by atoms with Crippen molar-refractivity contribution >= 4 is 11.6 Å². The molecule has 0 amide bonds. The molecule has 0 aromatic carbocycles. The Labute approximate surface area is 360 Å². The van der Waals surface area contributed by atoms with Crippen LogP contribution in [0.4, 0.5) is 0 Å². The number of ketones is 2. The van der Waals surface area contributed by atoms with E-state index in [0.717, 1.165) is 98.1 Å². The molecule has 7 fully saturated rings. The van der Waals surface area contributed by atoms with Crippen LogP contribution in [0.2, 0.25) is 0 Å². The van der Waals surface area contributed by atoms with Crippen LogP contribution in [0.3, 0.4) is 0 Å². The minimum absolute atomic E-state index is 0. The first-order valence-corrected chi connectivity index (χ1v) is 20.1. The van der Waals surface area contributed by atoms with E-state index in [4.69, 9.17) is 9.47 Å². The molecule has 0 aromatic heterocycles. The van der Waals surface area contributed by atoms with Crippen LogP contribution in [0.15, 0.2) is 59.8 Å². The van der Waals surface area contributed by atoms with Crippen LogP contribution in [0.25, 0.3) is 0 Å². The number of fused-ring (bicyclic) bond motifs is 18. The summed E-state index contributed by atoms with van der Waals surface area (Å²) in [6, 6.07) is 0. The molecule has 0 N–H and O–H groups in total. The Hall–Kier alpha value is -2.04. The van der Waals surface area contributed by atoms with Crippen molar-refractivity contribution in [3.63, 3.8) is 0 Å². The summed E-state index contributed by atoms with van der Waals surface area (Å²) in [5.74, 6) is 10.2. The molecule has 0 bridgehead atoms. The van der Waals surface area contributed by atoms with E-state index in [1.807, 2.05) is 12.2 Å². The maximum Gasteiger partial charge on any atom is 0.155 e. The van der Waals surface area contributed by atoms with Gasteiger partial charge in [0.2, 0.25) is 0 Å². The number of hydrogen-bond acceptors (Lipinski definition) is 4. The van der Waals surface area contributed by atoms with Crippen LogP contribution in [0, 0.1) is 81.8 Å². The molecule has 12 aliphatic rings. The summed E-state index contributed by atoms with van der Waals surface area (Å²) in [5.41, 5.74) is 3.62. The molecule has 334 valence electrons. The molecule has 0 saturated heterocycles. The Morgan fingerprint density at radius 3 is 1.64 bits per heavy atom. The Kier molecular flexibility index (Phi) is 16.9. The van der Waals surface area contributed by atoms with Crippen LogP contribution in [-0.4, -0.2) is 36.0 Å². The first kappa shape index (κ1) is 54.0. The van der Waals surface area contributed by atoms with Gasteiger partial charge in [-0.2, -0.15) is 0 Å². The largest absolute Gasteiger partial charge is 0.366 e. The lowest BCUT2D eigenvalue weighted by Crippen LogP contribution is -2.54. The molecule has 0 radical (unpaired) electrons. The van der Waals surface area contributed by atoms with Crippen LogP contribution in [0.1, 0.15) is 165 Å². The molecule has 7 saturated carbocycles. The van der Waals surface area contributed by atoms with Gasteiger partial charge in [0.05, 0.1) is 24.4 Å². The number of rotatable bonds is 0. The zero-order valence-corrected chi connectivity index (χ0v) is 29.1. The van der Waals surface area contributed by atoms with Gasteiger partial charge >= 0.3 is 0 Å². The van der Waals surface area contributed by atoms with Gasteiger partial charge in [0, 0.05) is 23.7 Å². The Balaban J connectivity index is 0.000000495. The number of allylic oxidation sites excluding steroid dienone is 5. The third kappa shape index (κ3) is 6.73. The lowest BCUT2D eigenvalue weighted by atomic mass is 9.49. The highest BCUT2D eigenvalue weighted by Crippen LogP contribution is 2.78. The normalized spacial score (nSPS) is 47.1. The second-order valence-corrected chi connectivity index (χ2v) is 19.0. The Morgan fingerprint density at radius 1 is 0.552 bits per heavy atom. The molecule has 58 heavy (non-hydrogen) atoms. The lowest BCUT2D eigenvalue weighted by molar-refractivity contribution is -0.132. The standard InChI is InChI=1S/C22H28O2.C22H26O2.10CH4/c2*1-21-9-7-16-15-6-4-14(23)11-13(15)3-5-17(16)20(21)18-12-19(18)22(21)8-2-10-24-22;;;;;;;;;;/h2,8,11,15-20H,3-7,9-10,12H2,1H3;2-3,5,8,11,15-20H,4,6-7,9-10,12H2,1H3;10*1H4/t15-,16+,17+,18-,19+,20+,21-,22-;15-,16+,17+,18+,19-,20+,21-,22-;;;;;;;;;;/m00........../s1. The SMILES string of the molecule is C.C.C.C.C.C.C.C.C.C.C[C@]12CC[C@H]3[C@@H](C=CC4=CC(=O)CC[C@@H]43)[C@@H]1[C@@H]1C[C@@H]1[C@@]21C=CCO1.C[C@]12CC[C@H]3[C@@H](CCC4=CC(=O)CC[C@@H]43)[C@@H]1[C@H]1C[C@H]1[C@@]21C=CCO1. The number of ether oxygens (including phenoxy) is 2. The zero-order valence-electron chi connectivity index (χ0n) is 29.1. The fraction of sp³-hybridized carbons (Fsp3) is 0.778. The van der Waals surface area contributed by atoms with Crippen molar-refractivity contribution < 1.29 is 19.1 Å².